The topological polar surface area (TPSA) is 66.0 Å². The van der Waals surface area contributed by atoms with Gasteiger partial charge in [0.25, 0.3) is 5.89 Å². The molecule has 0 amide bonds. The number of nitriles is 1. The molecule has 0 bridgehead atoms. The van der Waals surface area contributed by atoms with Crippen LogP contribution in [-0.4, -0.2) is 16.2 Å². The van der Waals surface area contributed by atoms with Crippen molar-refractivity contribution in [3.05, 3.63) is 64.5 Å². The first kappa shape index (κ1) is 23.6. The number of anilines is 1. The fourth-order valence-corrected chi connectivity index (χ4v) is 4.27. The average Bonchev–Trinajstić information content (AvgIpc) is 3.37. The number of rotatable bonds is 5. The zero-order valence-electron chi connectivity index (χ0n) is 17.8. The van der Waals surface area contributed by atoms with Crippen LogP contribution in [-0.2, 0) is 25.3 Å². The first-order chi connectivity index (χ1) is 16.0. The Morgan fingerprint density at radius 1 is 1.06 bits per heavy atom. The molecule has 11 heteroatoms. The maximum atomic E-state index is 13.8. The average molecular weight is 480 g/mol. The van der Waals surface area contributed by atoms with Gasteiger partial charge in [0.1, 0.15) is 0 Å². The fourth-order valence-electron chi connectivity index (χ4n) is 4.27. The van der Waals surface area contributed by atoms with Gasteiger partial charge >= 0.3 is 12.4 Å². The van der Waals surface area contributed by atoms with E-state index in [2.05, 4.69) is 10.1 Å². The van der Waals surface area contributed by atoms with E-state index in [1.165, 1.54) is 18.2 Å². The molecule has 0 fully saturated rings. The summed E-state index contributed by atoms with van der Waals surface area (Å²) in [6.45, 7) is 1.97. The minimum Gasteiger partial charge on any atom is -0.360 e. The van der Waals surface area contributed by atoms with Crippen molar-refractivity contribution in [3.63, 3.8) is 0 Å². The predicted molar refractivity (Wildman–Crippen MR) is 109 cm³/mol. The highest BCUT2D eigenvalue weighted by Gasteiger charge is 2.42. The van der Waals surface area contributed by atoms with Crippen LogP contribution in [0.1, 0.15) is 47.8 Å². The molecule has 178 valence electrons. The van der Waals surface area contributed by atoms with Gasteiger partial charge in [0.15, 0.2) is 5.82 Å². The zero-order valence-corrected chi connectivity index (χ0v) is 17.8. The summed E-state index contributed by atoms with van der Waals surface area (Å²) < 4.78 is 84.8. The molecule has 3 aromatic rings. The van der Waals surface area contributed by atoms with Gasteiger partial charge in [0, 0.05) is 17.3 Å². The molecule has 2 heterocycles. The van der Waals surface area contributed by atoms with Crippen molar-refractivity contribution in [3.8, 4) is 17.5 Å². The second-order valence-electron chi connectivity index (χ2n) is 7.96. The summed E-state index contributed by atoms with van der Waals surface area (Å²) in [5, 5.41) is 13.1. The summed E-state index contributed by atoms with van der Waals surface area (Å²) in [5.74, 6) is 0.188. The van der Waals surface area contributed by atoms with Crippen LogP contribution in [0.15, 0.2) is 40.9 Å². The number of hydrogen-bond donors (Lipinski definition) is 0. The van der Waals surface area contributed by atoms with E-state index in [1.54, 1.807) is 11.0 Å². The van der Waals surface area contributed by atoms with Crippen molar-refractivity contribution in [2.45, 2.75) is 51.1 Å². The highest BCUT2D eigenvalue weighted by Crippen LogP contribution is 2.44. The number of alkyl halides is 6. The van der Waals surface area contributed by atoms with Gasteiger partial charge in [0.05, 0.1) is 29.3 Å². The number of aromatic nitrogens is 2. The lowest BCUT2D eigenvalue weighted by Gasteiger charge is -2.26. The molecule has 0 aliphatic carbocycles. The normalized spacial score (nSPS) is 15.9. The van der Waals surface area contributed by atoms with E-state index >= 15 is 0 Å². The van der Waals surface area contributed by atoms with Crippen LogP contribution in [0.4, 0.5) is 32.0 Å². The second kappa shape index (κ2) is 8.66. The van der Waals surface area contributed by atoms with Gasteiger partial charge in [-0.15, -0.1) is 0 Å². The highest BCUT2D eigenvalue weighted by molar-refractivity contribution is 5.66. The lowest BCUT2D eigenvalue weighted by Crippen LogP contribution is -2.31. The molecule has 2 aromatic carbocycles. The molecule has 0 saturated heterocycles. The molecule has 34 heavy (non-hydrogen) atoms. The van der Waals surface area contributed by atoms with Crippen LogP contribution in [0, 0.1) is 11.3 Å². The second-order valence-corrected chi connectivity index (χ2v) is 7.96. The third kappa shape index (κ3) is 4.44. The van der Waals surface area contributed by atoms with Crippen LogP contribution in [0.5, 0.6) is 0 Å². The zero-order chi connectivity index (χ0) is 24.7. The van der Waals surface area contributed by atoms with Crippen LogP contribution >= 0.6 is 0 Å². The molecule has 1 atom stereocenters. The Bertz CT molecular complexity index is 1220. The monoisotopic (exact) mass is 480 g/mol. The van der Waals surface area contributed by atoms with E-state index in [9.17, 15) is 31.6 Å². The number of fused-ring (bicyclic) bond motifs is 1. The fraction of sp³-hybridized carbons (Fsp3) is 0.348. The largest absolute Gasteiger partial charge is 0.418 e. The number of nitrogens with zero attached hydrogens (tertiary/aromatic N) is 4. The molecular weight excluding hydrogens is 462 g/mol. The van der Waals surface area contributed by atoms with E-state index < -0.39 is 29.0 Å². The van der Waals surface area contributed by atoms with Crippen molar-refractivity contribution < 1.29 is 30.9 Å². The summed E-state index contributed by atoms with van der Waals surface area (Å²) >= 11 is 0. The molecular formula is C23H18F6N4O. The molecule has 0 spiro atoms. The van der Waals surface area contributed by atoms with Crippen LogP contribution in [0.25, 0.3) is 11.5 Å². The smallest absolute Gasteiger partial charge is 0.360 e. The Hall–Kier alpha value is -3.55. The van der Waals surface area contributed by atoms with Crippen molar-refractivity contribution in [2.75, 3.05) is 4.90 Å². The standard InChI is InChI=1S/C23H18F6N4O/c1-2-3-16-10-17-18(9-6-14(11-30)20(17)23(27,28)29)33(16)12-19-31-21(34-32-19)13-4-7-15(8-5-13)22(24,25)26/h4-9,16H,2-3,10,12H2,1H3. The molecule has 4 rings (SSSR count). The van der Waals surface area contributed by atoms with Gasteiger partial charge in [0.2, 0.25) is 0 Å². The van der Waals surface area contributed by atoms with Crippen LogP contribution in [0.2, 0.25) is 0 Å². The molecule has 1 unspecified atom stereocenters. The summed E-state index contributed by atoms with van der Waals surface area (Å²) in [7, 11) is 0. The van der Waals surface area contributed by atoms with E-state index in [1.807, 2.05) is 6.92 Å². The van der Waals surface area contributed by atoms with Gasteiger partial charge in [-0.3, -0.25) is 0 Å². The summed E-state index contributed by atoms with van der Waals surface area (Å²) in [5.41, 5.74) is -1.45. The lowest BCUT2D eigenvalue weighted by atomic mass is 9.97. The maximum absolute atomic E-state index is 13.8. The SMILES string of the molecule is CCCC1Cc2c(ccc(C#N)c2C(F)(F)F)N1Cc1noc(-c2ccc(C(F)(F)F)cc2)n1. The number of benzene rings is 2. The van der Waals surface area contributed by atoms with E-state index in [4.69, 9.17) is 4.52 Å². The molecule has 1 aliphatic rings. The molecule has 0 radical (unpaired) electrons. The Kier molecular flexibility index (Phi) is 6.02. The molecule has 0 N–H and O–H groups in total. The Morgan fingerprint density at radius 3 is 2.35 bits per heavy atom. The quantitative estimate of drug-likeness (QED) is 0.397. The van der Waals surface area contributed by atoms with Gasteiger partial charge in [-0.1, -0.05) is 18.5 Å². The Balaban J connectivity index is 1.65. The van der Waals surface area contributed by atoms with Gasteiger partial charge in [-0.2, -0.15) is 36.6 Å². The summed E-state index contributed by atoms with van der Waals surface area (Å²) in [6.07, 6.45) is -7.69. The Morgan fingerprint density at radius 2 is 1.76 bits per heavy atom. The Labute approximate surface area is 190 Å². The van der Waals surface area contributed by atoms with Crippen molar-refractivity contribution >= 4 is 5.69 Å². The van der Waals surface area contributed by atoms with Gasteiger partial charge in [-0.05, 0) is 54.8 Å². The van der Waals surface area contributed by atoms with Gasteiger partial charge in [-0.25, -0.2) is 0 Å². The van der Waals surface area contributed by atoms with Crippen LogP contribution in [0.3, 0.4) is 0 Å². The van der Waals surface area contributed by atoms with E-state index in [-0.39, 0.29) is 41.8 Å². The highest BCUT2D eigenvalue weighted by atomic mass is 19.4. The molecule has 1 aromatic heterocycles. The molecule has 1 aliphatic heterocycles. The lowest BCUT2D eigenvalue weighted by molar-refractivity contribution is -0.138. The number of halogens is 6. The predicted octanol–water partition coefficient (Wildman–Crippen LogP) is 6.38. The summed E-state index contributed by atoms with van der Waals surface area (Å²) in [4.78, 5) is 5.99. The number of hydrogen-bond acceptors (Lipinski definition) is 5. The minimum atomic E-state index is -4.68. The minimum absolute atomic E-state index is 0.00555. The van der Waals surface area contributed by atoms with Gasteiger partial charge < -0.3 is 9.42 Å². The van der Waals surface area contributed by atoms with Crippen molar-refractivity contribution in [1.29, 1.82) is 5.26 Å². The first-order valence-electron chi connectivity index (χ1n) is 10.4. The molecule has 5 nitrogen and oxygen atoms in total. The third-order valence-corrected chi connectivity index (χ3v) is 5.74. The maximum Gasteiger partial charge on any atom is 0.418 e. The van der Waals surface area contributed by atoms with Crippen molar-refractivity contribution in [1.82, 2.24) is 10.1 Å². The van der Waals surface area contributed by atoms with Crippen molar-refractivity contribution in [2.24, 2.45) is 0 Å². The third-order valence-electron chi connectivity index (χ3n) is 5.74. The van der Waals surface area contributed by atoms with Crippen LogP contribution < -0.4 is 4.90 Å². The van der Waals surface area contributed by atoms with E-state index in [0.717, 1.165) is 24.6 Å². The first-order valence-corrected chi connectivity index (χ1v) is 10.4. The summed E-state index contributed by atoms with van der Waals surface area (Å²) in [6, 6.07) is 8.25. The molecule has 0 saturated carbocycles. The van der Waals surface area contributed by atoms with E-state index in [0.29, 0.717) is 12.1 Å².